The lowest BCUT2D eigenvalue weighted by Gasteiger charge is -2.34. The van der Waals surface area contributed by atoms with Crippen LogP contribution in [0.1, 0.15) is 30.5 Å². The summed E-state index contributed by atoms with van der Waals surface area (Å²) in [5, 5.41) is 1.22. The standard InChI is InChI=1S/C23H22N2/c1-2-6-17(7-3-1)16-25-20-11-12-21(25)15-19(14-20)23-13-10-18-8-4-5-9-22(18)24-23/h1-10,13-14,20-21H,11-12,15-16H2. The number of rotatable bonds is 3. The molecule has 2 aromatic carbocycles. The highest BCUT2D eigenvalue weighted by atomic mass is 15.2. The first-order chi connectivity index (χ1) is 12.4. The van der Waals surface area contributed by atoms with E-state index in [9.17, 15) is 0 Å². The maximum atomic E-state index is 4.92. The molecule has 5 rings (SSSR count). The van der Waals surface area contributed by atoms with Gasteiger partial charge in [-0.15, -0.1) is 0 Å². The van der Waals surface area contributed by atoms with E-state index < -0.39 is 0 Å². The minimum absolute atomic E-state index is 0.558. The van der Waals surface area contributed by atoms with Crippen LogP contribution in [0.3, 0.4) is 0 Å². The van der Waals surface area contributed by atoms with Crippen molar-refractivity contribution in [3.8, 4) is 0 Å². The van der Waals surface area contributed by atoms with E-state index >= 15 is 0 Å². The number of hydrogen-bond donors (Lipinski definition) is 0. The van der Waals surface area contributed by atoms with Gasteiger partial charge in [0.25, 0.3) is 0 Å². The van der Waals surface area contributed by atoms with Crippen LogP contribution in [0.2, 0.25) is 0 Å². The first kappa shape index (κ1) is 14.9. The second-order valence-corrected chi connectivity index (χ2v) is 7.24. The molecule has 25 heavy (non-hydrogen) atoms. The summed E-state index contributed by atoms with van der Waals surface area (Å²) < 4.78 is 0. The maximum Gasteiger partial charge on any atom is 0.0709 e. The average molecular weight is 326 g/mol. The second kappa shape index (κ2) is 6.12. The third-order valence-corrected chi connectivity index (χ3v) is 5.68. The summed E-state index contributed by atoms with van der Waals surface area (Å²) in [5.41, 5.74) is 5.11. The molecule has 2 bridgehead atoms. The molecule has 1 aromatic heterocycles. The Morgan fingerprint density at radius 3 is 2.60 bits per heavy atom. The van der Waals surface area contributed by atoms with Crippen molar-refractivity contribution in [2.45, 2.75) is 37.9 Å². The summed E-state index contributed by atoms with van der Waals surface area (Å²) >= 11 is 0. The van der Waals surface area contributed by atoms with E-state index in [1.807, 2.05) is 0 Å². The fraction of sp³-hybridized carbons (Fsp3) is 0.261. The van der Waals surface area contributed by atoms with Gasteiger partial charge in [0.2, 0.25) is 0 Å². The van der Waals surface area contributed by atoms with Gasteiger partial charge in [0.1, 0.15) is 0 Å². The largest absolute Gasteiger partial charge is 0.289 e. The zero-order valence-electron chi connectivity index (χ0n) is 14.3. The van der Waals surface area contributed by atoms with Gasteiger partial charge in [0, 0.05) is 24.0 Å². The van der Waals surface area contributed by atoms with E-state index in [1.165, 1.54) is 29.4 Å². The molecule has 3 aromatic rings. The maximum absolute atomic E-state index is 4.92. The molecule has 2 aliphatic heterocycles. The highest BCUT2D eigenvalue weighted by Crippen LogP contribution is 2.39. The monoisotopic (exact) mass is 326 g/mol. The molecule has 0 radical (unpaired) electrons. The minimum Gasteiger partial charge on any atom is -0.289 e. The lowest BCUT2D eigenvalue weighted by Crippen LogP contribution is -2.37. The molecule has 2 nitrogen and oxygen atoms in total. The average Bonchev–Trinajstić information content (AvgIpc) is 2.90. The van der Waals surface area contributed by atoms with Crippen molar-refractivity contribution in [1.29, 1.82) is 0 Å². The van der Waals surface area contributed by atoms with Gasteiger partial charge >= 0.3 is 0 Å². The van der Waals surface area contributed by atoms with Crippen LogP contribution in [0.5, 0.6) is 0 Å². The molecule has 0 N–H and O–H groups in total. The molecule has 0 saturated carbocycles. The topological polar surface area (TPSA) is 16.1 Å². The van der Waals surface area contributed by atoms with Crippen molar-refractivity contribution in [3.05, 3.63) is 84.1 Å². The Morgan fingerprint density at radius 1 is 0.880 bits per heavy atom. The Bertz CT molecular complexity index is 929. The number of benzene rings is 2. The first-order valence-corrected chi connectivity index (χ1v) is 9.23. The predicted molar refractivity (Wildman–Crippen MR) is 103 cm³/mol. The molecular formula is C23H22N2. The third kappa shape index (κ3) is 2.77. The molecule has 124 valence electrons. The number of para-hydroxylation sites is 1. The van der Waals surface area contributed by atoms with E-state index in [0.29, 0.717) is 12.1 Å². The van der Waals surface area contributed by atoms with Crippen LogP contribution in [0, 0.1) is 0 Å². The van der Waals surface area contributed by atoms with E-state index in [-0.39, 0.29) is 0 Å². The van der Waals surface area contributed by atoms with Gasteiger partial charge in [0.05, 0.1) is 11.2 Å². The summed E-state index contributed by atoms with van der Waals surface area (Å²) in [7, 11) is 0. The van der Waals surface area contributed by atoms with Gasteiger partial charge in [-0.1, -0.05) is 60.7 Å². The third-order valence-electron chi connectivity index (χ3n) is 5.68. The minimum atomic E-state index is 0.558. The number of fused-ring (bicyclic) bond motifs is 3. The Balaban J connectivity index is 1.43. The molecular weight excluding hydrogens is 304 g/mol. The number of pyridine rings is 1. The van der Waals surface area contributed by atoms with Crippen LogP contribution in [0.25, 0.3) is 16.5 Å². The van der Waals surface area contributed by atoms with Gasteiger partial charge in [0.15, 0.2) is 0 Å². The van der Waals surface area contributed by atoms with Crippen LogP contribution >= 0.6 is 0 Å². The van der Waals surface area contributed by atoms with Crippen molar-refractivity contribution in [1.82, 2.24) is 9.88 Å². The fourth-order valence-electron chi connectivity index (χ4n) is 4.39. The molecule has 0 amide bonds. The van der Waals surface area contributed by atoms with E-state index in [1.54, 1.807) is 0 Å². The SMILES string of the molecule is C1=C(c2ccc3ccccc3n2)CC2CCC1N2Cc1ccccc1. The molecule has 2 aliphatic rings. The molecule has 0 aliphatic carbocycles. The second-order valence-electron chi connectivity index (χ2n) is 7.24. The Hall–Kier alpha value is -2.45. The van der Waals surface area contributed by atoms with Crippen molar-refractivity contribution in [3.63, 3.8) is 0 Å². The van der Waals surface area contributed by atoms with Crippen molar-refractivity contribution in [2.75, 3.05) is 0 Å². The molecule has 0 spiro atoms. The normalized spacial score (nSPS) is 23.0. The molecule has 3 heterocycles. The number of hydrogen-bond acceptors (Lipinski definition) is 2. The van der Waals surface area contributed by atoms with Gasteiger partial charge in [-0.3, -0.25) is 4.90 Å². The molecule has 1 saturated heterocycles. The van der Waals surface area contributed by atoms with Gasteiger partial charge < -0.3 is 0 Å². The summed E-state index contributed by atoms with van der Waals surface area (Å²) in [5.74, 6) is 0. The zero-order chi connectivity index (χ0) is 16.6. The van der Waals surface area contributed by atoms with Crippen LogP contribution in [-0.4, -0.2) is 22.0 Å². The van der Waals surface area contributed by atoms with Crippen LogP contribution in [-0.2, 0) is 6.54 Å². The summed E-state index contributed by atoms with van der Waals surface area (Å²) in [6, 6.07) is 24.8. The highest BCUT2D eigenvalue weighted by Gasteiger charge is 2.36. The summed E-state index contributed by atoms with van der Waals surface area (Å²) in [6.45, 7) is 1.06. The quantitative estimate of drug-likeness (QED) is 0.669. The Kier molecular flexibility index (Phi) is 3.64. The van der Waals surface area contributed by atoms with E-state index in [4.69, 9.17) is 4.98 Å². The van der Waals surface area contributed by atoms with Crippen LogP contribution < -0.4 is 0 Å². The summed E-state index contributed by atoms with van der Waals surface area (Å²) in [4.78, 5) is 7.60. The first-order valence-electron chi connectivity index (χ1n) is 9.23. The number of aromatic nitrogens is 1. The highest BCUT2D eigenvalue weighted by molar-refractivity contribution is 5.81. The van der Waals surface area contributed by atoms with Gasteiger partial charge in [-0.2, -0.15) is 0 Å². The fourth-order valence-corrected chi connectivity index (χ4v) is 4.39. The van der Waals surface area contributed by atoms with E-state index in [0.717, 1.165) is 24.2 Å². The molecule has 2 heteroatoms. The van der Waals surface area contributed by atoms with Gasteiger partial charge in [-0.25, -0.2) is 4.98 Å². The number of nitrogens with zero attached hydrogens (tertiary/aromatic N) is 2. The zero-order valence-corrected chi connectivity index (χ0v) is 14.3. The smallest absolute Gasteiger partial charge is 0.0709 e. The lowest BCUT2D eigenvalue weighted by atomic mass is 9.97. The van der Waals surface area contributed by atoms with Crippen LogP contribution in [0.4, 0.5) is 0 Å². The van der Waals surface area contributed by atoms with Crippen molar-refractivity contribution >= 4 is 16.5 Å². The predicted octanol–water partition coefficient (Wildman–Crippen LogP) is 5.06. The van der Waals surface area contributed by atoms with Crippen LogP contribution in [0.15, 0.2) is 72.8 Å². The van der Waals surface area contributed by atoms with Crippen molar-refractivity contribution in [2.24, 2.45) is 0 Å². The molecule has 2 unspecified atom stereocenters. The van der Waals surface area contributed by atoms with E-state index in [2.05, 4.69) is 77.7 Å². The Labute approximate surface area is 148 Å². The van der Waals surface area contributed by atoms with Crippen molar-refractivity contribution < 1.29 is 0 Å². The Morgan fingerprint density at radius 2 is 1.72 bits per heavy atom. The van der Waals surface area contributed by atoms with Gasteiger partial charge in [-0.05, 0) is 42.5 Å². The molecule has 1 fully saturated rings. The summed E-state index contributed by atoms with van der Waals surface area (Å²) in [6.07, 6.45) is 6.16. The lowest BCUT2D eigenvalue weighted by molar-refractivity contribution is 0.203. The molecule has 2 atom stereocenters.